The molecule has 0 saturated carbocycles. The molecule has 0 N–H and O–H groups in total. The molecule has 0 aliphatic rings. The van der Waals surface area contributed by atoms with Crippen LogP contribution in [0.5, 0.6) is 5.75 Å². The van der Waals surface area contributed by atoms with Gasteiger partial charge in [-0.3, -0.25) is 0 Å². The number of aliphatic carboxylic acids is 1. The highest BCUT2D eigenvalue weighted by atomic mass is 16.5. The number of carbonyl (C=O) groups excluding carboxylic acids is 1. The lowest BCUT2D eigenvalue weighted by atomic mass is 10.0. The van der Waals surface area contributed by atoms with Crippen molar-refractivity contribution in [1.29, 1.82) is 0 Å². The highest BCUT2D eigenvalue weighted by molar-refractivity contribution is 5.83. The Kier molecular flexibility index (Phi) is 5.84. The Morgan fingerprint density at radius 1 is 0.846 bits per heavy atom. The first-order valence-electron chi connectivity index (χ1n) is 8.43. The van der Waals surface area contributed by atoms with E-state index in [4.69, 9.17) is 4.74 Å². The minimum absolute atomic E-state index is 0.533. The van der Waals surface area contributed by atoms with Crippen molar-refractivity contribution < 1.29 is 14.6 Å². The zero-order valence-electron chi connectivity index (χ0n) is 14.3. The van der Waals surface area contributed by atoms with Crippen LogP contribution in [0.1, 0.15) is 22.3 Å². The van der Waals surface area contributed by atoms with E-state index in [1.165, 1.54) is 6.08 Å². The summed E-state index contributed by atoms with van der Waals surface area (Å²) in [6, 6.07) is 25.9. The fourth-order valence-electron chi connectivity index (χ4n) is 2.66. The van der Waals surface area contributed by atoms with Crippen LogP contribution in [0.25, 0.3) is 6.08 Å². The summed E-state index contributed by atoms with van der Waals surface area (Å²) in [6.45, 7) is 0.533. The van der Waals surface area contributed by atoms with Gasteiger partial charge in [-0.15, -0.1) is 0 Å². The van der Waals surface area contributed by atoms with Crippen molar-refractivity contribution in [3.63, 3.8) is 0 Å². The summed E-state index contributed by atoms with van der Waals surface area (Å²) < 4.78 is 6.00. The lowest BCUT2D eigenvalue weighted by Gasteiger charge is -2.12. The van der Waals surface area contributed by atoms with Crippen LogP contribution < -0.4 is 9.84 Å². The molecule has 3 heteroatoms. The molecule has 3 nitrogen and oxygen atoms in total. The van der Waals surface area contributed by atoms with Crippen molar-refractivity contribution in [2.45, 2.75) is 13.0 Å². The van der Waals surface area contributed by atoms with E-state index in [1.54, 1.807) is 0 Å². The fraction of sp³-hybridized carbons (Fsp3) is 0.0870. The van der Waals surface area contributed by atoms with Gasteiger partial charge in [0.25, 0.3) is 0 Å². The first-order chi connectivity index (χ1) is 12.7. The van der Waals surface area contributed by atoms with E-state index in [0.717, 1.165) is 40.5 Å². The average Bonchev–Trinajstić information content (AvgIpc) is 2.67. The number of hydrogen-bond donors (Lipinski definition) is 0. The number of rotatable bonds is 7. The van der Waals surface area contributed by atoms with Crippen molar-refractivity contribution in [1.82, 2.24) is 0 Å². The van der Waals surface area contributed by atoms with E-state index in [9.17, 15) is 9.90 Å². The zero-order chi connectivity index (χ0) is 18.2. The van der Waals surface area contributed by atoms with Gasteiger partial charge in [0, 0.05) is 6.42 Å². The van der Waals surface area contributed by atoms with E-state index in [-0.39, 0.29) is 0 Å². The SMILES string of the molecule is O=C([O-])/C=C/c1ccc(Cc2ccccc2OCc2ccccc2)cc1. The number of carboxylic acid groups (broad SMARTS) is 1. The Morgan fingerprint density at radius 2 is 1.54 bits per heavy atom. The van der Waals surface area contributed by atoms with Crippen molar-refractivity contribution in [2.24, 2.45) is 0 Å². The van der Waals surface area contributed by atoms with E-state index in [2.05, 4.69) is 6.07 Å². The lowest BCUT2D eigenvalue weighted by Crippen LogP contribution is -2.18. The number of carboxylic acids is 1. The highest BCUT2D eigenvalue weighted by Gasteiger charge is 2.05. The first-order valence-corrected chi connectivity index (χ1v) is 8.43. The predicted octanol–water partition coefficient (Wildman–Crippen LogP) is 3.62. The molecular formula is C23H19O3-. The predicted molar refractivity (Wildman–Crippen MR) is 101 cm³/mol. The molecule has 0 unspecified atom stereocenters. The monoisotopic (exact) mass is 343 g/mol. The molecule has 0 heterocycles. The van der Waals surface area contributed by atoms with E-state index in [1.807, 2.05) is 72.8 Å². The highest BCUT2D eigenvalue weighted by Crippen LogP contribution is 2.23. The summed E-state index contributed by atoms with van der Waals surface area (Å²) in [5.74, 6) is -0.323. The molecular weight excluding hydrogens is 324 g/mol. The third-order valence-corrected chi connectivity index (χ3v) is 4.00. The Morgan fingerprint density at radius 3 is 2.27 bits per heavy atom. The van der Waals surface area contributed by atoms with Gasteiger partial charge < -0.3 is 14.6 Å². The Hall–Kier alpha value is -3.33. The van der Waals surface area contributed by atoms with Crippen LogP contribution in [0.15, 0.2) is 84.9 Å². The van der Waals surface area contributed by atoms with Crippen LogP contribution in [0, 0.1) is 0 Å². The van der Waals surface area contributed by atoms with Gasteiger partial charge in [-0.05, 0) is 34.4 Å². The maximum atomic E-state index is 10.5. The molecule has 0 bridgehead atoms. The minimum Gasteiger partial charge on any atom is -0.545 e. The van der Waals surface area contributed by atoms with Crippen LogP contribution in [0.2, 0.25) is 0 Å². The fourth-order valence-corrected chi connectivity index (χ4v) is 2.66. The lowest BCUT2D eigenvalue weighted by molar-refractivity contribution is -0.297. The van der Waals surface area contributed by atoms with Gasteiger partial charge in [-0.2, -0.15) is 0 Å². The molecule has 3 aromatic rings. The van der Waals surface area contributed by atoms with Crippen molar-refractivity contribution in [3.05, 3.63) is 107 Å². The van der Waals surface area contributed by atoms with Crippen LogP contribution in [0.4, 0.5) is 0 Å². The third-order valence-electron chi connectivity index (χ3n) is 4.00. The summed E-state index contributed by atoms with van der Waals surface area (Å²) in [7, 11) is 0. The summed E-state index contributed by atoms with van der Waals surface area (Å²) in [5, 5.41) is 10.5. The van der Waals surface area contributed by atoms with Gasteiger partial charge in [-0.25, -0.2) is 0 Å². The molecule has 0 radical (unpaired) electrons. The maximum Gasteiger partial charge on any atom is 0.123 e. The normalized spacial score (nSPS) is 10.8. The molecule has 3 aromatic carbocycles. The number of ether oxygens (including phenoxy) is 1. The van der Waals surface area contributed by atoms with Crippen LogP contribution >= 0.6 is 0 Å². The second kappa shape index (κ2) is 8.67. The number of para-hydroxylation sites is 1. The molecule has 26 heavy (non-hydrogen) atoms. The molecule has 0 aliphatic heterocycles. The van der Waals surface area contributed by atoms with Gasteiger partial charge in [0.1, 0.15) is 12.4 Å². The molecule has 0 aliphatic carbocycles. The molecule has 0 amide bonds. The van der Waals surface area contributed by atoms with Gasteiger partial charge in [0.2, 0.25) is 0 Å². The van der Waals surface area contributed by atoms with Crippen molar-refractivity contribution in [2.75, 3.05) is 0 Å². The number of carbonyl (C=O) groups is 1. The van der Waals surface area contributed by atoms with Gasteiger partial charge in [0.05, 0.1) is 5.97 Å². The second-order valence-corrected chi connectivity index (χ2v) is 5.95. The minimum atomic E-state index is -1.20. The largest absolute Gasteiger partial charge is 0.545 e. The van der Waals surface area contributed by atoms with Crippen molar-refractivity contribution in [3.8, 4) is 5.75 Å². The van der Waals surface area contributed by atoms with E-state index in [0.29, 0.717) is 6.61 Å². The van der Waals surface area contributed by atoms with Crippen LogP contribution in [0.3, 0.4) is 0 Å². The van der Waals surface area contributed by atoms with Crippen molar-refractivity contribution >= 4 is 12.0 Å². The quantitative estimate of drug-likeness (QED) is 0.616. The Labute approximate surface area is 153 Å². The summed E-state index contributed by atoms with van der Waals surface area (Å²) >= 11 is 0. The smallest absolute Gasteiger partial charge is 0.123 e. The molecule has 130 valence electrons. The van der Waals surface area contributed by atoms with Gasteiger partial charge >= 0.3 is 0 Å². The standard InChI is InChI=1S/C23H20O3/c24-23(25)15-14-18-10-12-19(13-11-18)16-21-8-4-5-9-22(21)26-17-20-6-2-1-3-7-20/h1-15H,16-17H2,(H,24,25)/p-1/b15-14+. The average molecular weight is 343 g/mol. The third kappa shape index (κ3) is 5.08. The Balaban J connectivity index is 1.69. The number of benzene rings is 3. The second-order valence-electron chi connectivity index (χ2n) is 5.95. The first kappa shape index (κ1) is 17.5. The summed E-state index contributed by atoms with van der Waals surface area (Å²) in [6.07, 6.45) is 3.30. The summed E-state index contributed by atoms with van der Waals surface area (Å²) in [5.41, 5.74) is 4.20. The van der Waals surface area contributed by atoms with E-state index >= 15 is 0 Å². The van der Waals surface area contributed by atoms with Crippen LogP contribution in [-0.2, 0) is 17.8 Å². The van der Waals surface area contributed by atoms with Gasteiger partial charge in [0.15, 0.2) is 0 Å². The van der Waals surface area contributed by atoms with Gasteiger partial charge in [-0.1, -0.05) is 78.9 Å². The van der Waals surface area contributed by atoms with E-state index < -0.39 is 5.97 Å². The molecule has 0 spiro atoms. The summed E-state index contributed by atoms with van der Waals surface area (Å²) in [4.78, 5) is 10.5. The topological polar surface area (TPSA) is 49.4 Å². The number of hydrogen-bond acceptors (Lipinski definition) is 3. The molecule has 0 fully saturated rings. The maximum absolute atomic E-state index is 10.5. The molecule has 3 rings (SSSR count). The van der Waals surface area contributed by atoms with Crippen LogP contribution in [-0.4, -0.2) is 5.97 Å². The zero-order valence-corrected chi connectivity index (χ0v) is 14.3. The Bertz CT molecular complexity index is 881. The molecule has 0 saturated heterocycles. The molecule has 0 atom stereocenters. The molecule has 0 aromatic heterocycles.